The fraction of sp³-hybridized carbons (Fsp3) is 0.417. The van der Waals surface area contributed by atoms with Gasteiger partial charge in [-0.1, -0.05) is 24.6 Å². The predicted molar refractivity (Wildman–Crippen MR) is 65.0 cm³/mol. The molecule has 0 amide bonds. The first-order chi connectivity index (χ1) is 7.50. The first-order valence-electron chi connectivity index (χ1n) is 5.18. The first-order valence-corrected chi connectivity index (χ1v) is 6.33. The van der Waals surface area contributed by atoms with Crippen LogP contribution in [0.25, 0.3) is 0 Å². The van der Waals surface area contributed by atoms with E-state index in [4.69, 9.17) is 5.26 Å². The van der Waals surface area contributed by atoms with Crippen molar-refractivity contribution in [3.05, 3.63) is 29.8 Å². The van der Waals surface area contributed by atoms with Crippen LogP contribution >= 0.6 is 0 Å². The highest BCUT2D eigenvalue weighted by atomic mass is 32.2. The number of aryl methyl sites for hydroxylation is 1. The number of benzene rings is 1. The minimum Gasteiger partial charge on any atom is -0.237 e. The van der Waals surface area contributed by atoms with Crippen LogP contribution in [0.4, 0.5) is 0 Å². The average Bonchev–Trinajstić information content (AvgIpc) is 2.29. The molecule has 0 aromatic heterocycles. The largest absolute Gasteiger partial charge is 0.237 e. The molecule has 0 aliphatic rings. The standard InChI is InChI=1S/C12H16N2OS/c1-4-12(3,9-13)14-16(15)11-7-5-10(2)6-8-11/h5-8,14H,4H2,1-3H3/t12-,16+/m1/s1. The lowest BCUT2D eigenvalue weighted by molar-refractivity contribution is 0.522. The Hall–Kier alpha value is -1.18. The van der Waals surface area contributed by atoms with Crippen LogP contribution in [0.5, 0.6) is 0 Å². The zero-order valence-corrected chi connectivity index (χ0v) is 10.6. The lowest BCUT2D eigenvalue weighted by Crippen LogP contribution is -2.41. The topological polar surface area (TPSA) is 52.9 Å². The summed E-state index contributed by atoms with van der Waals surface area (Å²) < 4.78 is 14.8. The summed E-state index contributed by atoms with van der Waals surface area (Å²) in [5, 5.41) is 8.98. The van der Waals surface area contributed by atoms with Gasteiger partial charge in [0, 0.05) is 0 Å². The Balaban J connectivity index is 2.81. The van der Waals surface area contributed by atoms with Crippen molar-refractivity contribution >= 4 is 11.0 Å². The minimum atomic E-state index is -1.33. The Morgan fingerprint density at radius 2 is 2.00 bits per heavy atom. The summed E-state index contributed by atoms with van der Waals surface area (Å²) in [5.74, 6) is 0. The van der Waals surface area contributed by atoms with Crippen LogP contribution in [-0.2, 0) is 11.0 Å². The monoisotopic (exact) mass is 236 g/mol. The molecular formula is C12H16N2OS. The molecule has 0 heterocycles. The van der Waals surface area contributed by atoms with Gasteiger partial charge in [-0.3, -0.25) is 0 Å². The van der Waals surface area contributed by atoms with Crippen molar-refractivity contribution in [2.45, 2.75) is 37.6 Å². The molecule has 0 saturated heterocycles. The van der Waals surface area contributed by atoms with Crippen LogP contribution in [0.1, 0.15) is 25.8 Å². The molecule has 0 unspecified atom stereocenters. The molecule has 2 atom stereocenters. The molecule has 86 valence electrons. The Labute approximate surface area is 99.1 Å². The van der Waals surface area contributed by atoms with Crippen LogP contribution < -0.4 is 4.72 Å². The zero-order chi connectivity index (χ0) is 12.2. The number of hydrogen-bond donors (Lipinski definition) is 1. The van der Waals surface area contributed by atoms with Gasteiger partial charge in [-0.2, -0.15) is 5.26 Å². The summed E-state index contributed by atoms with van der Waals surface area (Å²) >= 11 is 0. The van der Waals surface area contributed by atoms with E-state index < -0.39 is 16.5 Å². The van der Waals surface area contributed by atoms with Crippen LogP contribution in [0, 0.1) is 18.3 Å². The van der Waals surface area contributed by atoms with Gasteiger partial charge in [0.2, 0.25) is 0 Å². The third kappa shape index (κ3) is 3.16. The van der Waals surface area contributed by atoms with Gasteiger partial charge in [0.05, 0.1) is 11.0 Å². The summed E-state index contributed by atoms with van der Waals surface area (Å²) in [6, 6.07) is 9.57. The maximum Gasteiger partial charge on any atom is 0.126 e. The molecule has 0 fully saturated rings. The van der Waals surface area contributed by atoms with Crippen molar-refractivity contribution in [1.29, 1.82) is 5.26 Å². The number of nitrogens with one attached hydrogen (secondary N) is 1. The molecule has 1 N–H and O–H groups in total. The van der Waals surface area contributed by atoms with Gasteiger partial charge in [0.1, 0.15) is 16.5 Å². The molecule has 16 heavy (non-hydrogen) atoms. The van der Waals surface area contributed by atoms with Crippen molar-refractivity contribution in [1.82, 2.24) is 4.72 Å². The summed E-state index contributed by atoms with van der Waals surface area (Å²) in [6.07, 6.45) is 0.612. The molecule has 0 bridgehead atoms. The number of hydrogen-bond acceptors (Lipinski definition) is 2. The lowest BCUT2D eigenvalue weighted by atomic mass is 10.0. The molecule has 0 aliphatic carbocycles. The summed E-state index contributed by atoms with van der Waals surface area (Å²) in [6.45, 7) is 5.62. The van der Waals surface area contributed by atoms with E-state index in [9.17, 15) is 4.21 Å². The quantitative estimate of drug-likeness (QED) is 0.872. The number of rotatable bonds is 4. The fourth-order valence-electron chi connectivity index (χ4n) is 1.10. The van der Waals surface area contributed by atoms with E-state index in [2.05, 4.69) is 10.8 Å². The van der Waals surface area contributed by atoms with Gasteiger partial charge in [-0.15, -0.1) is 0 Å². The molecular weight excluding hydrogens is 220 g/mol. The molecule has 1 aromatic rings. The van der Waals surface area contributed by atoms with E-state index in [1.165, 1.54) is 0 Å². The summed E-state index contributed by atoms with van der Waals surface area (Å²) in [5.41, 5.74) is 0.384. The van der Waals surface area contributed by atoms with Gasteiger partial charge in [-0.25, -0.2) is 8.93 Å². The second-order valence-corrected chi connectivity index (χ2v) is 5.19. The van der Waals surface area contributed by atoms with Crippen molar-refractivity contribution in [2.24, 2.45) is 0 Å². The average molecular weight is 236 g/mol. The second kappa shape index (κ2) is 5.24. The van der Waals surface area contributed by atoms with Crippen molar-refractivity contribution in [3.63, 3.8) is 0 Å². The predicted octanol–water partition coefficient (Wildman–Crippen LogP) is 2.30. The van der Waals surface area contributed by atoms with Gasteiger partial charge < -0.3 is 0 Å². The van der Waals surface area contributed by atoms with E-state index in [0.29, 0.717) is 11.3 Å². The van der Waals surface area contributed by atoms with E-state index >= 15 is 0 Å². The van der Waals surface area contributed by atoms with E-state index in [1.54, 1.807) is 6.92 Å². The molecule has 0 aliphatic heterocycles. The first kappa shape index (κ1) is 12.9. The third-order valence-corrected chi connectivity index (χ3v) is 3.84. The van der Waals surface area contributed by atoms with Crippen LogP contribution in [0.3, 0.4) is 0 Å². The maximum absolute atomic E-state index is 11.9. The molecule has 0 spiro atoms. The van der Waals surface area contributed by atoms with Gasteiger partial charge in [-0.05, 0) is 32.4 Å². The minimum absolute atomic E-state index is 0.612. The third-order valence-electron chi connectivity index (χ3n) is 2.51. The Morgan fingerprint density at radius 3 is 2.44 bits per heavy atom. The molecule has 4 heteroatoms. The molecule has 3 nitrogen and oxygen atoms in total. The van der Waals surface area contributed by atoms with Gasteiger partial charge in [0.15, 0.2) is 0 Å². The summed E-state index contributed by atoms with van der Waals surface area (Å²) in [4.78, 5) is 0.695. The van der Waals surface area contributed by atoms with E-state index in [0.717, 1.165) is 5.56 Å². The summed E-state index contributed by atoms with van der Waals surface area (Å²) in [7, 11) is -1.33. The smallest absolute Gasteiger partial charge is 0.126 e. The highest BCUT2D eigenvalue weighted by molar-refractivity contribution is 7.83. The number of nitriles is 1. The van der Waals surface area contributed by atoms with Crippen LogP contribution in [-0.4, -0.2) is 9.75 Å². The normalized spacial score (nSPS) is 16.1. The van der Waals surface area contributed by atoms with Gasteiger partial charge in [0.25, 0.3) is 0 Å². The number of nitrogens with zero attached hydrogens (tertiary/aromatic N) is 1. The highest BCUT2D eigenvalue weighted by Crippen LogP contribution is 2.13. The van der Waals surface area contributed by atoms with Crippen LogP contribution in [0.15, 0.2) is 29.2 Å². The molecule has 0 saturated carbocycles. The van der Waals surface area contributed by atoms with Gasteiger partial charge >= 0.3 is 0 Å². The second-order valence-electron chi connectivity index (χ2n) is 3.98. The van der Waals surface area contributed by atoms with E-state index in [-0.39, 0.29) is 0 Å². The van der Waals surface area contributed by atoms with Crippen molar-refractivity contribution in [3.8, 4) is 6.07 Å². The lowest BCUT2D eigenvalue weighted by Gasteiger charge is -2.20. The van der Waals surface area contributed by atoms with Crippen LogP contribution in [0.2, 0.25) is 0 Å². The fourth-order valence-corrected chi connectivity index (χ4v) is 2.20. The highest BCUT2D eigenvalue weighted by Gasteiger charge is 2.23. The molecule has 1 rings (SSSR count). The Morgan fingerprint density at radius 1 is 1.44 bits per heavy atom. The maximum atomic E-state index is 11.9. The van der Waals surface area contributed by atoms with E-state index in [1.807, 2.05) is 38.1 Å². The molecule has 1 aromatic carbocycles. The zero-order valence-electron chi connectivity index (χ0n) is 9.78. The van der Waals surface area contributed by atoms with Crippen molar-refractivity contribution in [2.75, 3.05) is 0 Å². The van der Waals surface area contributed by atoms with Crippen molar-refractivity contribution < 1.29 is 4.21 Å². The molecule has 0 radical (unpaired) electrons. The Bertz CT molecular complexity index is 422. The SMILES string of the molecule is CC[C@](C)(C#N)N[S@@](=O)c1ccc(C)cc1. The Kier molecular flexibility index (Phi) is 4.22.